The highest BCUT2D eigenvalue weighted by Gasteiger charge is 2.14. The van der Waals surface area contributed by atoms with Gasteiger partial charge in [0.2, 0.25) is 10.9 Å². The van der Waals surface area contributed by atoms with Gasteiger partial charge in [-0.05, 0) is 29.8 Å². The van der Waals surface area contributed by atoms with E-state index < -0.39 is 0 Å². The summed E-state index contributed by atoms with van der Waals surface area (Å²) in [5.41, 5.74) is 1.57. The number of carbonyl (C=O) groups excluding carboxylic acids is 2. The molecule has 0 bridgehead atoms. The Morgan fingerprint density at radius 1 is 1.04 bits per heavy atom. The van der Waals surface area contributed by atoms with E-state index in [0.29, 0.717) is 22.9 Å². The molecule has 8 heteroatoms. The quantitative estimate of drug-likeness (QED) is 0.655. The van der Waals surface area contributed by atoms with Gasteiger partial charge in [0.25, 0.3) is 5.91 Å². The normalized spacial score (nSPS) is 10.3. The third-order valence-electron chi connectivity index (χ3n) is 3.65. The maximum absolute atomic E-state index is 12.2. The Balaban J connectivity index is 1.51. The van der Waals surface area contributed by atoms with Crippen molar-refractivity contribution in [1.29, 1.82) is 0 Å². The van der Waals surface area contributed by atoms with E-state index in [-0.39, 0.29) is 23.4 Å². The van der Waals surface area contributed by atoms with Gasteiger partial charge in [0.1, 0.15) is 10.8 Å². The van der Waals surface area contributed by atoms with Gasteiger partial charge in [0.15, 0.2) is 0 Å². The first-order valence-electron chi connectivity index (χ1n) is 8.22. The van der Waals surface area contributed by atoms with Crippen molar-refractivity contribution in [2.45, 2.75) is 13.0 Å². The molecule has 0 saturated heterocycles. The monoisotopic (exact) mass is 382 g/mol. The molecule has 0 fully saturated rings. The zero-order valence-electron chi connectivity index (χ0n) is 14.6. The maximum Gasteiger partial charge on any atom is 0.286 e. The average molecular weight is 382 g/mol. The van der Waals surface area contributed by atoms with Gasteiger partial charge in [-0.2, -0.15) is 0 Å². The SMILES string of the molecule is COc1ccc(NC(=O)c2nnc(CNC(=O)Cc3ccccc3)s2)cc1. The minimum absolute atomic E-state index is 0.111. The molecular weight excluding hydrogens is 364 g/mol. The summed E-state index contributed by atoms with van der Waals surface area (Å²) < 4.78 is 5.08. The minimum atomic E-state index is -0.348. The molecule has 3 rings (SSSR count). The molecule has 0 unspecified atom stereocenters. The summed E-state index contributed by atoms with van der Waals surface area (Å²) in [6.45, 7) is 0.235. The van der Waals surface area contributed by atoms with Crippen molar-refractivity contribution >= 4 is 28.8 Å². The van der Waals surface area contributed by atoms with Crippen LogP contribution in [-0.4, -0.2) is 29.1 Å². The molecule has 7 nitrogen and oxygen atoms in total. The van der Waals surface area contributed by atoms with E-state index in [2.05, 4.69) is 20.8 Å². The Hall–Kier alpha value is -3.26. The molecule has 1 aromatic heterocycles. The van der Waals surface area contributed by atoms with Crippen LogP contribution in [0.15, 0.2) is 54.6 Å². The second-order valence-corrected chi connectivity index (χ2v) is 6.68. The lowest BCUT2D eigenvalue weighted by atomic mass is 10.1. The minimum Gasteiger partial charge on any atom is -0.497 e. The molecule has 2 N–H and O–H groups in total. The lowest BCUT2D eigenvalue weighted by Gasteiger charge is -2.04. The first-order valence-corrected chi connectivity index (χ1v) is 9.04. The fourth-order valence-electron chi connectivity index (χ4n) is 2.29. The summed E-state index contributed by atoms with van der Waals surface area (Å²) >= 11 is 1.14. The van der Waals surface area contributed by atoms with Crippen LogP contribution in [0.4, 0.5) is 5.69 Å². The molecule has 0 aliphatic carbocycles. The molecule has 3 aromatic rings. The van der Waals surface area contributed by atoms with Gasteiger partial charge in [-0.3, -0.25) is 9.59 Å². The predicted octanol–water partition coefficient (Wildman–Crippen LogP) is 2.66. The maximum atomic E-state index is 12.2. The summed E-state index contributed by atoms with van der Waals surface area (Å²) in [5, 5.41) is 14.2. The number of amides is 2. The van der Waals surface area contributed by atoms with Crippen LogP contribution in [0.1, 0.15) is 20.4 Å². The van der Waals surface area contributed by atoms with Crippen LogP contribution < -0.4 is 15.4 Å². The molecular formula is C19H18N4O3S. The van der Waals surface area contributed by atoms with Gasteiger partial charge >= 0.3 is 0 Å². The summed E-state index contributed by atoms with van der Waals surface area (Å²) in [5.74, 6) is 0.248. The summed E-state index contributed by atoms with van der Waals surface area (Å²) in [6, 6.07) is 16.5. The van der Waals surface area contributed by atoms with Gasteiger partial charge in [-0.1, -0.05) is 41.7 Å². The van der Waals surface area contributed by atoms with Crippen molar-refractivity contribution in [1.82, 2.24) is 15.5 Å². The van der Waals surface area contributed by atoms with E-state index in [0.717, 1.165) is 16.9 Å². The standard InChI is InChI=1S/C19H18N4O3S/c1-26-15-9-7-14(8-10-15)21-18(25)19-23-22-17(27-19)12-20-16(24)11-13-5-3-2-4-6-13/h2-10H,11-12H2,1H3,(H,20,24)(H,21,25). The van der Waals surface area contributed by atoms with Crippen molar-refractivity contribution < 1.29 is 14.3 Å². The molecule has 0 aliphatic heterocycles. The topological polar surface area (TPSA) is 93.2 Å². The average Bonchev–Trinajstić information content (AvgIpc) is 3.17. The van der Waals surface area contributed by atoms with E-state index >= 15 is 0 Å². The molecule has 2 aromatic carbocycles. The Kier molecular flexibility index (Phi) is 6.11. The largest absolute Gasteiger partial charge is 0.497 e. The Labute approximate surface area is 160 Å². The van der Waals surface area contributed by atoms with Crippen LogP contribution in [0.3, 0.4) is 0 Å². The van der Waals surface area contributed by atoms with Crippen LogP contribution in [-0.2, 0) is 17.8 Å². The van der Waals surface area contributed by atoms with Crippen molar-refractivity contribution in [3.05, 3.63) is 70.2 Å². The van der Waals surface area contributed by atoms with Crippen LogP contribution in [0.5, 0.6) is 5.75 Å². The molecule has 0 spiro atoms. The van der Waals surface area contributed by atoms with Crippen molar-refractivity contribution in [2.75, 3.05) is 12.4 Å². The number of hydrogen-bond donors (Lipinski definition) is 2. The van der Waals surface area contributed by atoms with Crippen LogP contribution >= 0.6 is 11.3 Å². The highest BCUT2D eigenvalue weighted by Crippen LogP contribution is 2.17. The summed E-state index contributed by atoms with van der Waals surface area (Å²) in [7, 11) is 1.58. The summed E-state index contributed by atoms with van der Waals surface area (Å²) in [6.07, 6.45) is 0.296. The molecule has 2 amide bonds. The van der Waals surface area contributed by atoms with Gasteiger partial charge in [0.05, 0.1) is 20.1 Å². The van der Waals surface area contributed by atoms with Crippen LogP contribution in [0, 0.1) is 0 Å². The fraction of sp³-hybridized carbons (Fsp3) is 0.158. The Morgan fingerprint density at radius 2 is 1.78 bits per heavy atom. The zero-order chi connectivity index (χ0) is 19.1. The van der Waals surface area contributed by atoms with E-state index in [1.165, 1.54) is 0 Å². The molecule has 0 atom stereocenters. The van der Waals surface area contributed by atoms with Gasteiger partial charge < -0.3 is 15.4 Å². The molecule has 0 saturated carbocycles. The van der Waals surface area contributed by atoms with Gasteiger partial charge in [-0.15, -0.1) is 10.2 Å². The third-order valence-corrected chi connectivity index (χ3v) is 4.58. The first-order chi connectivity index (χ1) is 13.1. The van der Waals surface area contributed by atoms with Gasteiger partial charge in [-0.25, -0.2) is 0 Å². The second-order valence-electron chi connectivity index (χ2n) is 5.62. The molecule has 1 heterocycles. The van der Waals surface area contributed by atoms with Crippen molar-refractivity contribution in [2.24, 2.45) is 0 Å². The number of carbonyl (C=O) groups is 2. The number of hydrogen-bond acceptors (Lipinski definition) is 6. The third kappa shape index (κ3) is 5.35. The molecule has 138 valence electrons. The zero-order valence-corrected chi connectivity index (χ0v) is 15.5. The lowest BCUT2D eigenvalue weighted by Crippen LogP contribution is -2.24. The number of ether oxygens (including phenoxy) is 1. The van der Waals surface area contributed by atoms with Crippen LogP contribution in [0.25, 0.3) is 0 Å². The molecule has 0 aliphatic rings. The second kappa shape index (κ2) is 8.91. The smallest absolute Gasteiger partial charge is 0.286 e. The number of aromatic nitrogens is 2. The number of nitrogens with zero attached hydrogens (tertiary/aromatic N) is 2. The number of anilines is 1. The Morgan fingerprint density at radius 3 is 2.48 bits per heavy atom. The number of rotatable bonds is 7. The van der Waals surface area contributed by atoms with E-state index in [4.69, 9.17) is 4.74 Å². The van der Waals surface area contributed by atoms with E-state index in [9.17, 15) is 9.59 Å². The van der Waals surface area contributed by atoms with E-state index in [1.54, 1.807) is 31.4 Å². The fourth-order valence-corrected chi connectivity index (χ4v) is 2.97. The molecule has 0 radical (unpaired) electrons. The van der Waals surface area contributed by atoms with Crippen LogP contribution in [0.2, 0.25) is 0 Å². The van der Waals surface area contributed by atoms with Crippen molar-refractivity contribution in [3.8, 4) is 5.75 Å². The predicted molar refractivity (Wildman–Crippen MR) is 103 cm³/mol. The van der Waals surface area contributed by atoms with E-state index in [1.807, 2.05) is 30.3 Å². The Bertz CT molecular complexity index is 910. The highest BCUT2D eigenvalue weighted by atomic mass is 32.1. The van der Waals surface area contributed by atoms with Gasteiger partial charge in [0, 0.05) is 5.69 Å². The first kappa shape index (κ1) is 18.5. The number of methoxy groups -OCH3 is 1. The number of benzene rings is 2. The lowest BCUT2D eigenvalue weighted by molar-refractivity contribution is -0.120. The number of nitrogens with one attached hydrogen (secondary N) is 2. The highest BCUT2D eigenvalue weighted by molar-refractivity contribution is 7.13. The molecule has 27 heavy (non-hydrogen) atoms. The summed E-state index contributed by atoms with van der Waals surface area (Å²) in [4.78, 5) is 24.2. The van der Waals surface area contributed by atoms with Crippen molar-refractivity contribution in [3.63, 3.8) is 0 Å².